The van der Waals surface area contributed by atoms with E-state index in [1.165, 1.54) is 0 Å². The van der Waals surface area contributed by atoms with E-state index in [2.05, 4.69) is 24.1 Å². The van der Waals surface area contributed by atoms with Crippen molar-refractivity contribution in [2.24, 2.45) is 0 Å². The van der Waals surface area contributed by atoms with E-state index in [4.69, 9.17) is 21.1 Å². The van der Waals surface area contributed by atoms with E-state index in [-0.39, 0.29) is 11.4 Å². The van der Waals surface area contributed by atoms with Crippen molar-refractivity contribution in [1.82, 2.24) is 10.2 Å². The topological polar surface area (TPSA) is 50.8 Å². The monoisotopic (exact) mass is 340 g/mol. The number of carbonyl (C=O) groups excluding carboxylic acids is 1. The quantitative estimate of drug-likeness (QED) is 0.827. The van der Waals surface area contributed by atoms with Gasteiger partial charge in [-0.3, -0.25) is 9.69 Å². The Balaban J connectivity index is 1.68. The normalized spacial score (nSPS) is 16.1. The Bertz CT molecular complexity index is 516. The summed E-state index contributed by atoms with van der Waals surface area (Å²) in [5, 5.41) is 3.61. The summed E-state index contributed by atoms with van der Waals surface area (Å²) in [7, 11) is 0. The number of ether oxygens (including phenoxy) is 2. The lowest BCUT2D eigenvalue weighted by Crippen LogP contribution is -2.55. The highest BCUT2D eigenvalue weighted by atomic mass is 35.5. The van der Waals surface area contributed by atoms with Gasteiger partial charge in [-0.25, -0.2) is 0 Å². The van der Waals surface area contributed by atoms with Crippen LogP contribution in [0.5, 0.6) is 5.75 Å². The Morgan fingerprint density at radius 3 is 2.83 bits per heavy atom. The van der Waals surface area contributed by atoms with Crippen molar-refractivity contribution in [3.63, 3.8) is 0 Å². The molecule has 1 heterocycles. The Morgan fingerprint density at radius 2 is 2.13 bits per heavy atom. The lowest BCUT2D eigenvalue weighted by atomic mass is 10.0. The number of benzene rings is 1. The van der Waals surface area contributed by atoms with Gasteiger partial charge in [-0.1, -0.05) is 17.7 Å². The molecule has 1 aliphatic rings. The Labute approximate surface area is 142 Å². The molecule has 1 amide bonds. The zero-order valence-electron chi connectivity index (χ0n) is 13.8. The van der Waals surface area contributed by atoms with Crippen LogP contribution in [0.15, 0.2) is 24.3 Å². The summed E-state index contributed by atoms with van der Waals surface area (Å²) < 4.78 is 10.9. The minimum atomic E-state index is -0.0761. The first-order valence-corrected chi connectivity index (χ1v) is 8.33. The molecule has 5 nitrogen and oxygen atoms in total. The molecule has 0 aliphatic carbocycles. The van der Waals surface area contributed by atoms with Crippen molar-refractivity contribution in [1.29, 1.82) is 0 Å². The number of amides is 1. The Morgan fingerprint density at radius 1 is 1.39 bits per heavy atom. The van der Waals surface area contributed by atoms with Crippen molar-refractivity contribution in [3.8, 4) is 5.75 Å². The molecule has 1 saturated heterocycles. The first-order chi connectivity index (χ1) is 11.0. The largest absolute Gasteiger partial charge is 0.493 e. The lowest BCUT2D eigenvalue weighted by molar-refractivity contribution is -0.122. The fraction of sp³-hybridized carbons (Fsp3) is 0.588. The van der Waals surface area contributed by atoms with Crippen molar-refractivity contribution >= 4 is 17.5 Å². The number of rotatable bonds is 7. The van der Waals surface area contributed by atoms with Gasteiger partial charge in [-0.15, -0.1) is 0 Å². The number of hydrogen-bond donors (Lipinski definition) is 1. The molecular formula is C17H25ClN2O3. The van der Waals surface area contributed by atoms with Gasteiger partial charge in [-0.05, 0) is 32.0 Å². The van der Waals surface area contributed by atoms with Crippen LogP contribution in [-0.2, 0) is 9.53 Å². The lowest BCUT2D eigenvalue weighted by Gasteiger charge is -2.40. The summed E-state index contributed by atoms with van der Waals surface area (Å²) >= 11 is 5.89. The Hall–Kier alpha value is -1.30. The second-order valence-corrected chi connectivity index (χ2v) is 6.68. The molecule has 1 aromatic rings. The summed E-state index contributed by atoms with van der Waals surface area (Å²) in [6.45, 7) is 8.55. The minimum Gasteiger partial charge on any atom is -0.493 e. The summed E-state index contributed by atoms with van der Waals surface area (Å²) in [5.41, 5.74) is -0.0761. The van der Waals surface area contributed by atoms with E-state index < -0.39 is 0 Å². The molecule has 1 aromatic carbocycles. The van der Waals surface area contributed by atoms with Gasteiger partial charge in [0, 0.05) is 30.2 Å². The molecule has 2 rings (SSSR count). The average Bonchev–Trinajstić information content (AvgIpc) is 2.54. The van der Waals surface area contributed by atoms with Crippen LogP contribution in [0, 0.1) is 0 Å². The average molecular weight is 341 g/mol. The second kappa shape index (κ2) is 8.52. The van der Waals surface area contributed by atoms with Crippen LogP contribution in [0.1, 0.15) is 20.3 Å². The summed E-state index contributed by atoms with van der Waals surface area (Å²) in [4.78, 5) is 14.3. The van der Waals surface area contributed by atoms with E-state index in [0.717, 1.165) is 26.3 Å². The summed E-state index contributed by atoms with van der Waals surface area (Å²) in [5.74, 6) is 0.673. The minimum absolute atomic E-state index is 0.00615. The maximum absolute atomic E-state index is 12.0. The third-order valence-corrected chi connectivity index (χ3v) is 4.21. The predicted octanol–water partition coefficient (Wildman–Crippen LogP) is 2.34. The third-order valence-electron chi connectivity index (χ3n) is 3.98. The zero-order valence-corrected chi connectivity index (χ0v) is 14.6. The molecule has 1 fully saturated rings. The molecule has 6 heteroatoms. The van der Waals surface area contributed by atoms with Crippen LogP contribution >= 0.6 is 11.6 Å². The van der Waals surface area contributed by atoms with Crippen molar-refractivity contribution in [2.45, 2.75) is 25.8 Å². The molecule has 0 unspecified atom stereocenters. The molecule has 0 aromatic heterocycles. The second-order valence-electron chi connectivity index (χ2n) is 6.24. The smallest absolute Gasteiger partial charge is 0.223 e. The van der Waals surface area contributed by atoms with Gasteiger partial charge in [0.15, 0.2) is 0 Å². The molecule has 0 bridgehead atoms. The maximum Gasteiger partial charge on any atom is 0.223 e. The number of hydrogen-bond acceptors (Lipinski definition) is 4. The Kier molecular flexibility index (Phi) is 6.69. The highest BCUT2D eigenvalue weighted by Crippen LogP contribution is 2.17. The van der Waals surface area contributed by atoms with Gasteiger partial charge in [0.2, 0.25) is 5.91 Å². The van der Waals surface area contributed by atoms with Gasteiger partial charge in [0.05, 0.1) is 26.2 Å². The first-order valence-electron chi connectivity index (χ1n) is 7.95. The van der Waals surface area contributed by atoms with E-state index in [0.29, 0.717) is 30.3 Å². The van der Waals surface area contributed by atoms with Gasteiger partial charge < -0.3 is 14.8 Å². The SMILES string of the molecule is CC(C)(CNC(=O)CCOc1cccc(Cl)c1)N1CCOCC1. The van der Waals surface area contributed by atoms with Crippen molar-refractivity contribution in [2.75, 3.05) is 39.5 Å². The molecule has 1 N–H and O–H groups in total. The van der Waals surface area contributed by atoms with Gasteiger partial charge >= 0.3 is 0 Å². The van der Waals surface area contributed by atoms with Crippen LogP contribution in [0.25, 0.3) is 0 Å². The number of halogens is 1. The summed E-state index contributed by atoms with van der Waals surface area (Å²) in [6.07, 6.45) is 0.325. The molecule has 128 valence electrons. The highest BCUT2D eigenvalue weighted by molar-refractivity contribution is 6.30. The number of nitrogens with zero attached hydrogens (tertiary/aromatic N) is 1. The van der Waals surface area contributed by atoms with Gasteiger partial charge in [0.1, 0.15) is 5.75 Å². The fourth-order valence-corrected chi connectivity index (χ4v) is 2.68. The maximum atomic E-state index is 12.0. The fourth-order valence-electron chi connectivity index (χ4n) is 2.50. The molecule has 0 saturated carbocycles. The molecule has 1 aliphatic heterocycles. The van der Waals surface area contributed by atoms with Crippen LogP contribution in [0.4, 0.5) is 0 Å². The molecule has 23 heavy (non-hydrogen) atoms. The van der Waals surface area contributed by atoms with E-state index >= 15 is 0 Å². The van der Waals surface area contributed by atoms with E-state index in [9.17, 15) is 4.79 Å². The van der Waals surface area contributed by atoms with Gasteiger partial charge in [-0.2, -0.15) is 0 Å². The first kappa shape index (κ1) is 18.0. The predicted molar refractivity (Wildman–Crippen MR) is 91.0 cm³/mol. The summed E-state index contributed by atoms with van der Waals surface area (Å²) in [6, 6.07) is 7.17. The van der Waals surface area contributed by atoms with Crippen molar-refractivity contribution < 1.29 is 14.3 Å². The van der Waals surface area contributed by atoms with Crippen LogP contribution in [-0.4, -0.2) is 55.8 Å². The molecule has 0 atom stereocenters. The molecule has 0 radical (unpaired) electrons. The highest BCUT2D eigenvalue weighted by Gasteiger charge is 2.28. The van der Waals surface area contributed by atoms with Crippen LogP contribution in [0.3, 0.4) is 0 Å². The van der Waals surface area contributed by atoms with Crippen LogP contribution in [0.2, 0.25) is 5.02 Å². The van der Waals surface area contributed by atoms with E-state index in [1.807, 2.05) is 12.1 Å². The number of morpholine rings is 1. The zero-order chi connectivity index (χ0) is 16.7. The third kappa shape index (κ3) is 6.01. The standard InChI is InChI=1S/C17H25ClN2O3/c1-17(2,20-7-10-22-11-8-20)13-19-16(21)6-9-23-15-5-3-4-14(18)12-15/h3-5,12H,6-11,13H2,1-2H3,(H,19,21). The van der Waals surface area contributed by atoms with E-state index in [1.54, 1.807) is 12.1 Å². The molecular weight excluding hydrogens is 316 g/mol. The number of carbonyl (C=O) groups is 1. The van der Waals surface area contributed by atoms with Crippen molar-refractivity contribution in [3.05, 3.63) is 29.3 Å². The van der Waals surface area contributed by atoms with Crippen LogP contribution < -0.4 is 10.1 Å². The molecule has 0 spiro atoms. The van der Waals surface area contributed by atoms with Gasteiger partial charge in [0.25, 0.3) is 0 Å². The number of nitrogens with one attached hydrogen (secondary N) is 1.